The van der Waals surface area contributed by atoms with Gasteiger partial charge < -0.3 is 19.4 Å². The van der Waals surface area contributed by atoms with E-state index in [2.05, 4.69) is 4.98 Å². The van der Waals surface area contributed by atoms with Gasteiger partial charge >= 0.3 is 5.97 Å². The molecule has 0 bridgehead atoms. The number of esters is 1. The number of aromatic nitrogens is 1. The van der Waals surface area contributed by atoms with E-state index in [-0.39, 0.29) is 18.6 Å². The SMILES string of the molecule is COCCOC(=O)c1c(C)[nH]c(C(=O)N(C)C(C)c2ccc(Cl)cc2Cl)c1C. The molecule has 0 fully saturated rings. The second-order valence-electron chi connectivity index (χ2n) is 6.51. The summed E-state index contributed by atoms with van der Waals surface area (Å²) in [5, 5.41) is 1.02. The number of carbonyl (C=O) groups is 2. The van der Waals surface area contributed by atoms with Crippen molar-refractivity contribution in [3.63, 3.8) is 0 Å². The van der Waals surface area contributed by atoms with Gasteiger partial charge in [0.2, 0.25) is 0 Å². The van der Waals surface area contributed by atoms with Crippen LogP contribution in [-0.4, -0.2) is 49.1 Å². The number of carbonyl (C=O) groups excluding carboxylic acids is 2. The van der Waals surface area contributed by atoms with E-state index < -0.39 is 5.97 Å². The fourth-order valence-corrected chi connectivity index (χ4v) is 3.53. The number of amides is 1. The van der Waals surface area contributed by atoms with E-state index >= 15 is 0 Å². The zero-order valence-corrected chi connectivity index (χ0v) is 18.1. The maximum atomic E-state index is 13.1. The number of benzene rings is 1. The summed E-state index contributed by atoms with van der Waals surface area (Å²) in [7, 11) is 3.21. The fraction of sp³-hybridized carbons (Fsp3) is 0.400. The first kappa shape index (κ1) is 22.3. The van der Waals surface area contributed by atoms with Crippen LogP contribution in [0.3, 0.4) is 0 Å². The van der Waals surface area contributed by atoms with Crippen molar-refractivity contribution in [1.29, 1.82) is 0 Å². The van der Waals surface area contributed by atoms with Gasteiger partial charge in [0.25, 0.3) is 5.91 Å². The highest BCUT2D eigenvalue weighted by Gasteiger charge is 2.27. The van der Waals surface area contributed by atoms with Gasteiger partial charge in [-0.2, -0.15) is 0 Å². The quantitative estimate of drug-likeness (QED) is 0.519. The molecular formula is C20H24Cl2N2O4. The zero-order valence-electron chi connectivity index (χ0n) is 16.6. The largest absolute Gasteiger partial charge is 0.460 e. The number of aryl methyl sites for hydroxylation is 1. The number of methoxy groups -OCH3 is 1. The molecule has 0 aliphatic rings. The first-order chi connectivity index (χ1) is 13.2. The number of H-pyrrole nitrogens is 1. The lowest BCUT2D eigenvalue weighted by Gasteiger charge is -2.26. The van der Waals surface area contributed by atoms with E-state index in [1.54, 1.807) is 44.0 Å². The molecule has 0 saturated carbocycles. The Hall–Kier alpha value is -2.02. The van der Waals surface area contributed by atoms with Crippen LogP contribution in [0.15, 0.2) is 18.2 Å². The summed E-state index contributed by atoms with van der Waals surface area (Å²) in [6.07, 6.45) is 0. The van der Waals surface area contributed by atoms with Crippen LogP contribution >= 0.6 is 23.2 Å². The zero-order chi connectivity index (χ0) is 21.0. The normalized spacial score (nSPS) is 12.0. The van der Waals surface area contributed by atoms with Crippen LogP contribution in [0.25, 0.3) is 0 Å². The van der Waals surface area contributed by atoms with Crippen molar-refractivity contribution in [3.05, 3.63) is 56.3 Å². The standard InChI is InChI=1S/C20H24Cl2N2O4/c1-11-17(20(26)28-9-8-27-5)12(2)23-18(11)19(25)24(4)13(3)15-7-6-14(21)10-16(15)22/h6-7,10,13,23H,8-9H2,1-5H3. The molecule has 6 nitrogen and oxygen atoms in total. The maximum Gasteiger partial charge on any atom is 0.340 e. The molecule has 0 spiro atoms. The lowest BCUT2D eigenvalue weighted by Crippen LogP contribution is -2.30. The predicted molar refractivity (Wildman–Crippen MR) is 109 cm³/mol. The van der Waals surface area contributed by atoms with Crippen LogP contribution in [0, 0.1) is 13.8 Å². The van der Waals surface area contributed by atoms with Gasteiger partial charge in [-0.3, -0.25) is 4.79 Å². The number of rotatable bonds is 7. The first-order valence-electron chi connectivity index (χ1n) is 8.76. The van der Waals surface area contributed by atoms with Crippen LogP contribution in [0.5, 0.6) is 0 Å². The maximum absolute atomic E-state index is 13.1. The van der Waals surface area contributed by atoms with E-state index in [0.29, 0.717) is 39.2 Å². The molecule has 0 radical (unpaired) electrons. The molecule has 1 amide bonds. The third-order valence-corrected chi connectivity index (χ3v) is 5.25. The van der Waals surface area contributed by atoms with Gasteiger partial charge in [0.15, 0.2) is 0 Å². The summed E-state index contributed by atoms with van der Waals surface area (Å²) in [6, 6.07) is 4.88. The van der Waals surface area contributed by atoms with Gasteiger partial charge in [0.05, 0.1) is 18.2 Å². The summed E-state index contributed by atoms with van der Waals surface area (Å²) < 4.78 is 10.1. The Balaban J connectivity index is 2.26. The van der Waals surface area contributed by atoms with Crippen molar-refractivity contribution in [2.24, 2.45) is 0 Å². The average Bonchev–Trinajstić information content (AvgIpc) is 2.94. The predicted octanol–water partition coefficient (Wildman–Crippen LogP) is 4.57. The van der Waals surface area contributed by atoms with Gasteiger partial charge in [-0.05, 0) is 44.0 Å². The van der Waals surface area contributed by atoms with E-state index in [4.69, 9.17) is 32.7 Å². The molecule has 1 aromatic carbocycles. The molecule has 0 aliphatic carbocycles. The Labute approximate surface area is 174 Å². The molecule has 0 saturated heterocycles. The van der Waals surface area contributed by atoms with Crippen molar-refractivity contribution in [1.82, 2.24) is 9.88 Å². The number of halogens is 2. The minimum Gasteiger partial charge on any atom is -0.460 e. The lowest BCUT2D eigenvalue weighted by molar-refractivity contribution is 0.0387. The molecular weight excluding hydrogens is 403 g/mol. The highest BCUT2D eigenvalue weighted by atomic mass is 35.5. The number of hydrogen-bond donors (Lipinski definition) is 1. The van der Waals surface area contributed by atoms with Crippen molar-refractivity contribution in [2.45, 2.75) is 26.8 Å². The molecule has 1 N–H and O–H groups in total. The van der Waals surface area contributed by atoms with Gasteiger partial charge in [-0.25, -0.2) is 4.79 Å². The number of nitrogens with zero attached hydrogens (tertiary/aromatic N) is 1. The van der Waals surface area contributed by atoms with Crippen molar-refractivity contribution >= 4 is 35.1 Å². The smallest absolute Gasteiger partial charge is 0.340 e. The topological polar surface area (TPSA) is 71.6 Å². The second kappa shape index (κ2) is 9.45. The highest BCUT2D eigenvalue weighted by Crippen LogP contribution is 2.30. The Bertz CT molecular complexity index is 879. The van der Waals surface area contributed by atoms with Crippen molar-refractivity contribution in [3.8, 4) is 0 Å². The monoisotopic (exact) mass is 426 g/mol. The summed E-state index contributed by atoms with van der Waals surface area (Å²) in [4.78, 5) is 30.0. The third-order valence-electron chi connectivity index (χ3n) is 4.69. The van der Waals surface area contributed by atoms with E-state index in [9.17, 15) is 9.59 Å². The number of aromatic amines is 1. The van der Waals surface area contributed by atoms with Crippen molar-refractivity contribution in [2.75, 3.05) is 27.4 Å². The molecule has 2 rings (SSSR count). The second-order valence-corrected chi connectivity index (χ2v) is 7.36. The van der Waals surface area contributed by atoms with Crippen LogP contribution < -0.4 is 0 Å². The Morgan fingerprint density at radius 2 is 1.89 bits per heavy atom. The first-order valence-corrected chi connectivity index (χ1v) is 9.51. The molecule has 0 aliphatic heterocycles. The van der Waals surface area contributed by atoms with E-state index in [0.717, 1.165) is 5.56 Å². The van der Waals surface area contributed by atoms with Crippen LogP contribution in [-0.2, 0) is 9.47 Å². The number of hydrogen-bond acceptors (Lipinski definition) is 4. The molecule has 1 atom stereocenters. The highest BCUT2D eigenvalue weighted by molar-refractivity contribution is 6.35. The minimum absolute atomic E-state index is 0.147. The third kappa shape index (κ3) is 4.69. The van der Waals surface area contributed by atoms with Crippen LogP contribution in [0.4, 0.5) is 0 Å². The molecule has 1 aromatic heterocycles. The van der Waals surface area contributed by atoms with Gasteiger partial charge in [-0.15, -0.1) is 0 Å². The molecule has 152 valence electrons. The number of nitrogens with one attached hydrogen (secondary N) is 1. The van der Waals surface area contributed by atoms with Gasteiger partial charge in [0, 0.05) is 29.9 Å². The summed E-state index contributed by atoms with van der Waals surface area (Å²) in [5.74, 6) is -0.742. The summed E-state index contributed by atoms with van der Waals surface area (Å²) in [6.45, 7) is 5.78. The van der Waals surface area contributed by atoms with Gasteiger partial charge in [0.1, 0.15) is 12.3 Å². The van der Waals surface area contributed by atoms with Crippen LogP contribution in [0.2, 0.25) is 10.0 Å². The minimum atomic E-state index is -0.487. The number of ether oxygens (including phenoxy) is 2. The van der Waals surface area contributed by atoms with E-state index in [1.165, 1.54) is 7.11 Å². The molecule has 2 aromatic rings. The summed E-state index contributed by atoms with van der Waals surface area (Å²) in [5.41, 5.74) is 2.61. The molecule has 28 heavy (non-hydrogen) atoms. The van der Waals surface area contributed by atoms with Crippen LogP contribution in [0.1, 0.15) is 50.6 Å². The summed E-state index contributed by atoms with van der Waals surface area (Å²) >= 11 is 12.2. The Morgan fingerprint density at radius 1 is 1.21 bits per heavy atom. The lowest BCUT2D eigenvalue weighted by atomic mass is 10.1. The average molecular weight is 427 g/mol. The van der Waals surface area contributed by atoms with E-state index in [1.807, 2.05) is 6.92 Å². The molecule has 1 unspecified atom stereocenters. The molecule has 1 heterocycles. The Morgan fingerprint density at radius 3 is 2.50 bits per heavy atom. The fourth-order valence-electron chi connectivity index (χ4n) is 2.96. The Kier molecular flexibility index (Phi) is 7.52. The van der Waals surface area contributed by atoms with Gasteiger partial charge in [-0.1, -0.05) is 29.3 Å². The molecule has 8 heteroatoms. The van der Waals surface area contributed by atoms with Crippen molar-refractivity contribution < 1.29 is 19.1 Å².